The number of aliphatic hydroxyl groups is 1. The van der Waals surface area contributed by atoms with E-state index in [0.29, 0.717) is 0 Å². The molecule has 0 heterocycles. The van der Waals surface area contributed by atoms with E-state index in [2.05, 4.69) is 12.6 Å². The summed E-state index contributed by atoms with van der Waals surface area (Å²) in [4.78, 5) is 0. The molecule has 0 aliphatic heterocycles. The SMILES string of the molecule is OC/C=C/CCS. The molecule has 0 aromatic carbocycles. The van der Waals surface area contributed by atoms with Crippen LogP contribution in [0, 0.1) is 0 Å². The molecule has 0 bridgehead atoms. The Labute approximate surface area is 49.5 Å². The van der Waals surface area contributed by atoms with Crippen molar-refractivity contribution in [1.29, 1.82) is 0 Å². The van der Waals surface area contributed by atoms with Crippen molar-refractivity contribution in [2.45, 2.75) is 6.42 Å². The molecule has 42 valence electrons. The maximum absolute atomic E-state index is 8.18. The van der Waals surface area contributed by atoms with Crippen molar-refractivity contribution in [3.8, 4) is 0 Å². The maximum atomic E-state index is 8.18. The number of hydrogen-bond acceptors (Lipinski definition) is 2. The molecule has 0 aromatic rings. The quantitative estimate of drug-likeness (QED) is 0.416. The third-order valence-corrected chi connectivity index (χ3v) is 0.826. The van der Waals surface area contributed by atoms with Crippen molar-refractivity contribution >= 4 is 12.6 Å². The van der Waals surface area contributed by atoms with Gasteiger partial charge in [0.1, 0.15) is 0 Å². The van der Waals surface area contributed by atoms with Gasteiger partial charge in [-0.15, -0.1) is 0 Å². The molecule has 0 amide bonds. The molecule has 0 fully saturated rings. The van der Waals surface area contributed by atoms with Crippen LogP contribution in [0.4, 0.5) is 0 Å². The summed E-state index contributed by atoms with van der Waals surface area (Å²) in [5.74, 6) is 0.858. The van der Waals surface area contributed by atoms with Gasteiger partial charge in [-0.05, 0) is 12.2 Å². The summed E-state index contributed by atoms with van der Waals surface area (Å²) < 4.78 is 0. The van der Waals surface area contributed by atoms with Crippen LogP contribution in [0.1, 0.15) is 6.42 Å². The number of hydrogen-bond donors (Lipinski definition) is 2. The smallest absolute Gasteiger partial charge is 0.0612 e. The van der Waals surface area contributed by atoms with Crippen LogP contribution in [0.2, 0.25) is 0 Å². The van der Waals surface area contributed by atoms with Crippen molar-refractivity contribution in [3.63, 3.8) is 0 Å². The highest BCUT2D eigenvalue weighted by atomic mass is 32.1. The summed E-state index contributed by atoms with van der Waals surface area (Å²) in [5.41, 5.74) is 0. The van der Waals surface area contributed by atoms with Crippen LogP contribution in [-0.2, 0) is 0 Å². The van der Waals surface area contributed by atoms with E-state index in [4.69, 9.17) is 5.11 Å². The number of thiol groups is 1. The lowest BCUT2D eigenvalue weighted by molar-refractivity contribution is 0.342. The highest BCUT2D eigenvalue weighted by Gasteiger charge is 1.69. The minimum atomic E-state index is 0.147. The lowest BCUT2D eigenvalue weighted by Gasteiger charge is -1.79. The maximum Gasteiger partial charge on any atom is 0.0612 e. The Bertz CT molecular complexity index is 52.0. The summed E-state index contributed by atoms with van der Waals surface area (Å²) in [7, 11) is 0. The van der Waals surface area contributed by atoms with Crippen molar-refractivity contribution < 1.29 is 5.11 Å². The van der Waals surface area contributed by atoms with E-state index in [0.717, 1.165) is 12.2 Å². The van der Waals surface area contributed by atoms with E-state index in [1.54, 1.807) is 6.08 Å². The first-order valence-electron chi connectivity index (χ1n) is 2.28. The van der Waals surface area contributed by atoms with Gasteiger partial charge in [0.05, 0.1) is 6.61 Å². The number of aliphatic hydroxyl groups excluding tert-OH is 1. The van der Waals surface area contributed by atoms with Crippen LogP contribution in [-0.4, -0.2) is 17.5 Å². The van der Waals surface area contributed by atoms with Crippen LogP contribution in [0.15, 0.2) is 12.2 Å². The fraction of sp³-hybridized carbons (Fsp3) is 0.600. The van der Waals surface area contributed by atoms with Crippen LogP contribution >= 0.6 is 12.6 Å². The van der Waals surface area contributed by atoms with Gasteiger partial charge in [0.15, 0.2) is 0 Å². The predicted octanol–water partition coefficient (Wildman–Crippen LogP) is 0.855. The zero-order valence-corrected chi connectivity index (χ0v) is 5.06. The summed E-state index contributed by atoms with van der Waals surface area (Å²) in [6.45, 7) is 0.147. The molecule has 0 saturated heterocycles. The Morgan fingerprint density at radius 1 is 1.43 bits per heavy atom. The van der Waals surface area contributed by atoms with Gasteiger partial charge in [-0.25, -0.2) is 0 Å². The first-order chi connectivity index (χ1) is 3.41. The highest BCUT2D eigenvalue weighted by Crippen LogP contribution is 1.83. The average Bonchev–Trinajstić information content (AvgIpc) is 1.69. The number of allylic oxidation sites excluding steroid dienone is 1. The van der Waals surface area contributed by atoms with Crippen molar-refractivity contribution in [2.24, 2.45) is 0 Å². The normalized spacial score (nSPS) is 10.6. The first-order valence-corrected chi connectivity index (χ1v) is 2.91. The van der Waals surface area contributed by atoms with Gasteiger partial charge in [-0.1, -0.05) is 12.2 Å². The molecule has 0 rings (SSSR count). The molecular formula is C5H10OS. The largest absolute Gasteiger partial charge is 0.392 e. The van der Waals surface area contributed by atoms with Gasteiger partial charge < -0.3 is 5.11 Å². The van der Waals surface area contributed by atoms with E-state index in [1.165, 1.54) is 0 Å². The van der Waals surface area contributed by atoms with Gasteiger partial charge >= 0.3 is 0 Å². The van der Waals surface area contributed by atoms with Crippen molar-refractivity contribution in [1.82, 2.24) is 0 Å². The Balaban J connectivity index is 2.78. The second-order valence-corrected chi connectivity index (χ2v) is 1.61. The molecule has 0 aliphatic rings. The van der Waals surface area contributed by atoms with Gasteiger partial charge in [0, 0.05) is 0 Å². The third kappa shape index (κ3) is 6.05. The monoisotopic (exact) mass is 118 g/mol. The lowest BCUT2D eigenvalue weighted by atomic mass is 10.4. The fourth-order valence-corrected chi connectivity index (χ4v) is 0.416. The standard InChI is InChI=1S/C5H10OS/c6-4-2-1-3-5-7/h1-2,6-7H,3-5H2/b2-1+. The van der Waals surface area contributed by atoms with Crippen molar-refractivity contribution in [3.05, 3.63) is 12.2 Å². The van der Waals surface area contributed by atoms with E-state index in [-0.39, 0.29) is 6.61 Å². The highest BCUT2D eigenvalue weighted by molar-refractivity contribution is 7.80. The zero-order valence-electron chi connectivity index (χ0n) is 4.17. The molecular weight excluding hydrogens is 108 g/mol. The minimum Gasteiger partial charge on any atom is -0.392 e. The Hall–Kier alpha value is 0.0500. The molecule has 1 nitrogen and oxygen atoms in total. The molecule has 0 saturated carbocycles. The molecule has 0 aromatic heterocycles. The summed E-state index contributed by atoms with van der Waals surface area (Å²) in [6, 6.07) is 0. The van der Waals surface area contributed by atoms with Crippen molar-refractivity contribution in [2.75, 3.05) is 12.4 Å². The predicted molar refractivity (Wildman–Crippen MR) is 34.7 cm³/mol. The second-order valence-electron chi connectivity index (χ2n) is 1.17. The van der Waals surface area contributed by atoms with Gasteiger partial charge in [0.25, 0.3) is 0 Å². The summed E-state index contributed by atoms with van der Waals surface area (Å²) >= 11 is 3.96. The van der Waals surface area contributed by atoms with E-state index >= 15 is 0 Å². The summed E-state index contributed by atoms with van der Waals surface area (Å²) in [6.07, 6.45) is 4.58. The molecule has 0 unspecified atom stereocenters. The third-order valence-electron chi connectivity index (χ3n) is 0.568. The fourth-order valence-electron chi connectivity index (χ4n) is 0.267. The Kier molecular flexibility index (Phi) is 6.09. The van der Waals surface area contributed by atoms with Crippen LogP contribution in [0.3, 0.4) is 0 Å². The molecule has 0 spiro atoms. The van der Waals surface area contributed by atoms with Crippen LogP contribution < -0.4 is 0 Å². The van der Waals surface area contributed by atoms with E-state index < -0.39 is 0 Å². The molecule has 7 heavy (non-hydrogen) atoms. The molecule has 0 aliphatic carbocycles. The van der Waals surface area contributed by atoms with Gasteiger partial charge in [-0.2, -0.15) is 12.6 Å². The molecule has 0 atom stereocenters. The minimum absolute atomic E-state index is 0.147. The van der Waals surface area contributed by atoms with Gasteiger partial charge in [0.2, 0.25) is 0 Å². The van der Waals surface area contributed by atoms with E-state index in [9.17, 15) is 0 Å². The molecule has 1 N–H and O–H groups in total. The second kappa shape index (κ2) is 6.05. The topological polar surface area (TPSA) is 20.2 Å². The lowest BCUT2D eigenvalue weighted by Crippen LogP contribution is -1.71. The molecule has 0 radical (unpaired) electrons. The first kappa shape index (κ1) is 7.05. The zero-order chi connectivity index (χ0) is 5.54. The Morgan fingerprint density at radius 3 is 2.57 bits per heavy atom. The summed E-state index contributed by atoms with van der Waals surface area (Å²) in [5, 5.41) is 8.18. The van der Waals surface area contributed by atoms with Crippen LogP contribution in [0.5, 0.6) is 0 Å². The number of rotatable bonds is 3. The molecule has 2 heteroatoms. The van der Waals surface area contributed by atoms with Crippen LogP contribution in [0.25, 0.3) is 0 Å². The van der Waals surface area contributed by atoms with E-state index in [1.807, 2.05) is 6.08 Å². The average molecular weight is 118 g/mol. The Morgan fingerprint density at radius 2 is 2.14 bits per heavy atom. The van der Waals surface area contributed by atoms with Gasteiger partial charge in [-0.3, -0.25) is 0 Å².